The number of hydrogen-bond acceptors (Lipinski definition) is 4. The predicted molar refractivity (Wildman–Crippen MR) is 111 cm³/mol. The fourth-order valence-corrected chi connectivity index (χ4v) is 2.96. The SMILES string of the molecule is CN=C(NCCOc1ccccc1)NCc1ccc(C)cc1OC1CCOC1. The Morgan fingerprint density at radius 2 is 2.04 bits per heavy atom. The molecule has 1 saturated heterocycles. The number of nitrogens with one attached hydrogen (secondary N) is 2. The minimum Gasteiger partial charge on any atom is -0.492 e. The van der Waals surface area contributed by atoms with Crippen molar-refractivity contribution < 1.29 is 14.2 Å². The van der Waals surface area contributed by atoms with E-state index in [4.69, 9.17) is 14.2 Å². The number of rotatable bonds is 8. The lowest BCUT2D eigenvalue weighted by molar-refractivity contribution is 0.140. The van der Waals surface area contributed by atoms with E-state index in [9.17, 15) is 0 Å². The molecular weight excluding hydrogens is 354 g/mol. The summed E-state index contributed by atoms with van der Waals surface area (Å²) in [6.07, 6.45) is 1.07. The van der Waals surface area contributed by atoms with Crippen molar-refractivity contribution in [1.82, 2.24) is 10.6 Å². The molecule has 0 aliphatic carbocycles. The van der Waals surface area contributed by atoms with Gasteiger partial charge in [-0.15, -0.1) is 0 Å². The van der Waals surface area contributed by atoms with Gasteiger partial charge in [-0.25, -0.2) is 0 Å². The summed E-state index contributed by atoms with van der Waals surface area (Å²) in [6, 6.07) is 16.1. The van der Waals surface area contributed by atoms with Crippen molar-refractivity contribution in [3.63, 3.8) is 0 Å². The van der Waals surface area contributed by atoms with Gasteiger partial charge in [0.25, 0.3) is 0 Å². The van der Waals surface area contributed by atoms with E-state index in [1.807, 2.05) is 30.3 Å². The van der Waals surface area contributed by atoms with E-state index in [0.29, 0.717) is 26.3 Å². The topological polar surface area (TPSA) is 64.1 Å². The average molecular weight is 383 g/mol. The molecule has 1 fully saturated rings. The summed E-state index contributed by atoms with van der Waals surface area (Å²) in [6.45, 7) is 5.35. The largest absolute Gasteiger partial charge is 0.492 e. The average Bonchev–Trinajstić information content (AvgIpc) is 3.22. The first kappa shape index (κ1) is 20.0. The molecule has 0 amide bonds. The van der Waals surface area contributed by atoms with Crippen molar-refractivity contribution in [3.05, 3.63) is 59.7 Å². The molecular formula is C22H29N3O3. The molecule has 150 valence electrons. The van der Waals surface area contributed by atoms with E-state index < -0.39 is 0 Å². The smallest absolute Gasteiger partial charge is 0.191 e. The molecule has 0 saturated carbocycles. The lowest BCUT2D eigenvalue weighted by Crippen LogP contribution is -2.39. The normalized spacial score (nSPS) is 16.6. The Kier molecular flexibility index (Phi) is 7.55. The van der Waals surface area contributed by atoms with Gasteiger partial charge in [0.1, 0.15) is 24.2 Å². The van der Waals surface area contributed by atoms with Gasteiger partial charge in [0.05, 0.1) is 19.8 Å². The van der Waals surface area contributed by atoms with Crippen molar-refractivity contribution in [2.45, 2.75) is 26.0 Å². The fourth-order valence-electron chi connectivity index (χ4n) is 2.96. The molecule has 2 aromatic rings. The van der Waals surface area contributed by atoms with Gasteiger partial charge in [-0.3, -0.25) is 4.99 Å². The molecule has 0 spiro atoms. The minimum absolute atomic E-state index is 0.133. The van der Waals surface area contributed by atoms with Crippen LogP contribution in [0.2, 0.25) is 0 Å². The molecule has 3 rings (SSSR count). The van der Waals surface area contributed by atoms with E-state index in [0.717, 1.165) is 36.0 Å². The van der Waals surface area contributed by atoms with Crippen LogP contribution in [0.1, 0.15) is 17.5 Å². The Balaban J connectivity index is 1.47. The van der Waals surface area contributed by atoms with Crippen LogP contribution in [0.4, 0.5) is 0 Å². The maximum Gasteiger partial charge on any atom is 0.191 e. The molecule has 6 nitrogen and oxygen atoms in total. The number of aryl methyl sites for hydroxylation is 1. The molecule has 2 aromatic carbocycles. The summed E-state index contributed by atoms with van der Waals surface area (Å²) >= 11 is 0. The van der Waals surface area contributed by atoms with Crippen LogP contribution in [0.3, 0.4) is 0 Å². The van der Waals surface area contributed by atoms with E-state index >= 15 is 0 Å². The summed E-state index contributed by atoms with van der Waals surface area (Å²) in [4.78, 5) is 4.28. The fraction of sp³-hybridized carbons (Fsp3) is 0.409. The predicted octanol–water partition coefficient (Wildman–Crippen LogP) is 2.91. The Morgan fingerprint density at radius 1 is 1.18 bits per heavy atom. The van der Waals surface area contributed by atoms with Gasteiger partial charge in [-0.05, 0) is 30.7 Å². The van der Waals surface area contributed by atoms with E-state index in [1.54, 1.807) is 7.05 Å². The summed E-state index contributed by atoms with van der Waals surface area (Å²) in [7, 11) is 1.76. The van der Waals surface area contributed by atoms with Gasteiger partial charge in [0.15, 0.2) is 5.96 Å². The summed E-state index contributed by atoms with van der Waals surface area (Å²) in [5, 5.41) is 6.61. The van der Waals surface area contributed by atoms with Crippen LogP contribution in [0.15, 0.2) is 53.5 Å². The first-order chi connectivity index (χ1) is 13.7. The Morgan fingerprint density at radius 3 is 2.79 bits per heavy atom. The Bertz CT molecular complexity index is 759. The third kappa shape index (κ3) is 6.16. The van der Waals surface area contributed by atoms with Crippen LogP contribution >= 0.6 is 0 Å². The Hall–Kier alpha value is -2.73. The highest BCUT2D eigenvalue weighted by atomic mass is 16.5. The zero-order valence-corrected chi connectivity index (χ0v) is 16.6. The number of nitrogens with zero attached hydrogens (tertiary/aromatic N) is 1. The lowest BCUT2D eigenvalue weighted by atomic mass is 10.1. The molecule has 1 aliphatic rings. The second-order valence-corrected chi connectivity index (χ2v) is 6.73. The highest BCUT2D eigenvalue weighted by Crippen LogP contribution is 2.23. The highest BCUT2D eigenvalue weighted by Gasteiger charge is 2.18. The summed E-state index contributed by atoms with van der Waals surface area (Å²) < 4.78 is 17.3. The van der Waals surface area contributed by atoms with Crippen LogP contribution in [-0.2, 0) is 11.3 Å². The van der Waals surface area contributed by atoms with Crippen LogP contribution in [0, 0.1) is 6.92 Å². The third-order valence-electron chi connectivity index (χ3n) is 4.48. The van der Waals surface area contributed by atoms with Crippen molar-refractivity contribution in [3.8, 4) is 11.5 Å². The molecule has 0 bridgehead atoms. The maximum atomic E-state index is 6.16. The molecule has 1 aliphatic heterocycles. The lowest BCUT2D eigenvalue weighted by Gasteiger charge is -2.18. The van der Waals surface area contributed by atoms with Gasteiger partial charge in [0.2, 0.25) is 0 Å². The van der Waals surface area contributed by atoms with Gasteiger partial charge < -0.3 is 24.8 Å². The Labute approximate surface area is 166 Å². The maximum absolute atomic E-state index is 6.16. The molecule has 28 heavy (non-hydrogen) atoms. The zero-order chi connectivity index (χ0) is 19.6. The van der Waals surface area contributed by atoms with Crippen LogP contribution < -0.4 is 20.1 Å². The van der Waals surface area contributed by atoms with Crippen LogP contribution in [0.25, 0.3) is 0 Å². The van der Waals surface area contributed by atoms with Crippen molar-refractivity contribution in [2.24, 2.45) is 4.99 Å². The second kappa shape index (κ2) is 10.6. The van der Waals surface area contributed by atoms with Gasteiger partial charge in [0, 0.05) is 25.6 Å². The first-order valence-electron chi connectivity index (χ1n) is 9.71. The quantitative estimate of drug-likeness (QED) is 0.417. The van der Waals surface area contributed by atoms with Crippen molar-refractivity contribution in [1.29, 1.82) is 0 Å². The van der Waals surface area contributed by atoms with Crippen molar-refractivity contribution in [2.75, 3.05) is 33.4 Å². The minimum atomic E-state index is 0.133. The highest BCUT2D eigenvalue weighted by molar-refractivity contribution is 5.79. The zero-order valence-electron chi connectivity index (χ0n) is 16.6. The second-order valence-electron chi connectivity index (χ2n) is 6.73. The number of benzene rings is 2. The van der Waals surface area contributed by atoms with E-state index in [2.05, 4.69) is 40.7 Å². The number of ether oxygens (including phenoxy) is 3. The summed E-state index contributed by atoms with van der Waals surface area (Å²) in [5.41, 5.74) is 2.28. The summed E-state index contributed by atoms with van der Waals surface area (Å²) in [5.74, 6) is 2.50. The van der Waals surface area contributed by atoms with Gasteiger partial charge in [-0.2, -0.15) is 0 Å². The van der Waals surface area contributed by atoms with Crippen LogP contribution in [-0.4, -0.2) is 45.5 Å². The van der Waals surface area contributed by atoms with Gasteiger partial charge in [-0.1, -0.05) is 30.3 Å². The third-order valence-corrected chi connectivity index (χ3v) is 4.48. The molecule has 1 heterocycles. The molecule has 6 heteroatoms. The van der Waals surface area contributed by atoms with E-state index in [-0.39, 0.29) is 6.10 Å². The standard InChI is InChI=1S/C22H29N3O3/c1-17-8-9-18(21(14-17)28-20-10-12-26-16-20)15-25-22(23-2)24-11-13-27-19-6-4-3-5-7-19/h3-9,14,20H,10-13,15-16H2,1-2H3,(H2,23,24,25). The molecule has 1 atom stereocenters. The van der Waals surface area contributed by atoms with Gasteiger partial charge >= 0.3 is 0 Å². The van der Waals surface area contributed by atoms with Crippen LogP contribution in [0.5, 0.6) is 11.5 Å². The van der Waals surface area contributed by atoms with E-state index in [1.165, 1.54) is 5.56 Å². The number of hydrogen-bond donors (Lipinski definition) is 2. The molecule has 2 N–H and O–H groups in total. The monoisotopic (exact) mass is 383 g/mol. The molecule has 0 radical (unpaired) electrons. The number of para-hydroxylation sites is 1. The first-order valence-corrected chi connectivity index (χ1v) is 9.71. The molecule has 1 unspecified atom stereocenters. The van der Waals surface area contributed by atoms with Crippen molar-refractivity contribution >= 4 is 5.96 Å². The number of aliphatic imine (C=N–C) groups is 1. The molecule has 0 aromatic heterocycles. The number of guanidine groups is 1.